The van der Waals surface area contributed by atoms with Crippen molar-refractivity contribution in [2.24, 2.45) is 0 Å². The molecule has 1 aromatic carbocycles. The molecule has 1 aliphatic carbocycles. The Morgan fingerprint density at radius 1 is 1.24 bits per heavy atom. The van der Waals surface area contributed by atoms with E-state index in [9.17, 15) is 0 Å². The lowest BCUT2D eigenvalue weighted by Gasteiger charge is -2.32. The molecule has 1 fully saturated rings. The van der Waals surface area contributed by atoms with Crippen LogP contribution in [-0.4, -0.2) is 37.7 Å². The summed E-state index contributed by atoms with van der Waals surface area (Å²) in [6.45, 7) is 7.62. The highest BCUT2D eigenvalue weighted by Crippen LogP contribution is 2.29. The van der Waals surface area contributed by atoms with Gasteiger partial charge in [-0.1, -0.05) is 44.9 Å². The summed E-state index contributed by atoms with van der Waals surface area (Å²) in [5, 5.41) is 3.64. The normalized spacial score (nSPS) is 17.3. The number of hydrogen-bond donors (Lipinski definition) is 1. The molecule has 118 valence electrons. The molecule has 3 nitrogen and oxygen atoms in total. The predicted octanol–water partition coefficient (Wildman–Crippen LogP) is 3.61. The summed E-state index contributed by atoms with van der Waals surface area (Å²) in [6.07, 6.45) is 5.50. The Hall–Kier alpha value is -1.06. The van der Waals surface area contributed by atoms with Crippen LogP contribution in [-0.2, 0) is 0 Å². The third kappa shape index (κ3) is 4.21. The minimum atomic E-state index is 0.340. The Morgan fingerprint density at radius 3 is 2.57 bits per heavy atom. The second-order valence-electron chi connectivity index (χ2n) is 5.88. The molecule has 0 bridgehead atoms. The molecule has 0 amide bonds. The highest BCUT2D eigenvalue weighted by molar-refractivity contribution is 5.36. The summed E-state index contributed by atoms with van der Waals surface area (Å²) in [7, 11) is 1.76. The van der Waals surface area contributed by atoms with Gasteiger partial charge in [-0.15, -0.1) is 0 Å². The molecule has 0 radical (unpaired) electrons. The Kier molecular flexibility index (Phi) is 6.52. The maximum atomic E-state index is 5.55. The molecule has 1 N–H and O–H groups in total. The molecule has 3 heteroatoms. The van der Waals surface area contributed by atoms with E-state index >= 15 is 0 Å². The molecule has 0 heterocycles. The third-order valence-corrected chi connectivity index (χ3v) is 4.63. The van der Waals surface area contributed by atoms with Crippen LogP contribution < -0.4 is 10.1 Å². The third-order valence-electron chi connectivity index (χ3n) is 4.63. The smallest absolute Gasteiger partial charge is 0.123 e. The van der Waals surface area contributed by atoms with Crippen LogP contribution in [0.5, 0.6) is 5.75 Å². The summed E-state index contributed by atoms with van der Waals surface area (Å²) in [5.41, 5.74) is 1.28. The van der Waals surface area contributed by atoms with Crippen molar-refractivity contribution in [2.45, 2.75) is 51.6 Å². The van der Waals surface area contributed by atoms with E-state index in [1.165, 1.54) is 31.2 Å². The van der Waals surface area contributed by atoms with Crippen LogP contribution in [0.4, 0.5) is 0 Å². The quantitative estimate of drug-likeness (QED) is 0.791. The van der Waals surface area contributed by atoms with E-state index < -0.39 is 0 Å². The van der Waals surface area contributed by atoms with Crippen molar-refractivity contribution in [1.82, 2.24) is 10.2 Å². The van der Waals surface area contributed by atoms with Crippen LogP contribution >= 0.6 is 0 Å². The summed E-state index contributed by atoms with van der Waals surface area (Å²) in [4.78, 5) is 2.65. The van der Waals surface area contributed by atoms with Gasteiger partial charge in [0.1, 0.15) is 5.75 Å². The van der Waals surface area contributed by atoms with Gasteiger partial charge in [0.05, 0.1) is 7.11 Å². The van der Waals surface area contributed by atoms with Gasteiger partial charge in [-0.05, 0) is 32.0 Å². The predicted molar refractivity (Wildman–Crippen MR) is 88.9 cm³/mol. The van der Waals surface area contributed by atoms with Crippen LogP contribution in [0.2, 0.25) is 0 Å². The first kappa shape index (κ1) is 16.3. The van der Waals surface area contributed by atoms with E-state index in [0.29, 0.717) is 6.04 Å². The average Bonchev–Trinajstić information content (AvgIpc) is 3.05. The number of methoxy groups -OCH3 is 1. The molecule has 1 aliphatic rings. The lowest BCUT2D eigenvalue weighted by molar-refractivity contribution is 0.186. The van der Waals surface area contributed by atoms with Gasteiger partial charge in [0.2, 0.25) is 0 Å². The molecule has 1 atom stereocenters. The van der Waals surface area contributed by atoms with E-state index in [4.69, 9.17) is 4.74 Å². The molecule has 0 aromatic heterocycles. The van der Waals surface area contributed by atoms with Crippen molar-refractivity contribution in [3.8, 4) is 5.75 Å². The molecule has 1 saturated carbocycles. The van der Waals surface area contributed by atoms with Gasteiger partial charge in [0.25, 0.3) is 0 Å². The second-order valence-corrected chi connectivity index (χ2v) is 5.88. The monoisotopic (exact) mass is 290 g/mol. The number of hydrogen-bond acceptors (Lipinski definition) is 3. The lowest BCUT2D eigenvalue weighted by Crippen LogP contribution is -2.40. The lowest BCUT2D eigenvalue weighted by atomic mass is 10.0. The van der Waals surface area contributed by atoms with E-state index in [1.54, 1.807) is 7.11 Å². The molecular weight excluding hydrogens is 260 g/mol. The maximum Gasteiger partial charge on any atom is 0.123 e. The van der Waals surface area contributed by atoms with Crippen molar-refractivity contribution >= 4 is 0 Å². The molecule has 2 rings (SSSR count). The van der Waals surface area contributed by atoms with Gasteiger partial charge in [0, 0.05) is 24.2 Å². The number of likely N-dealkylation sites (N-methyl/N-ethyl adjacent to an activating group) is 2. The van der Waals surface area contributed by atoms with Crippen molar-refractivity contribution < 1.29 is 4.74 Å². The van der Waals surface area contributed by atoms with Crippen molar-refractivity contribution in [2.75, 3.05) is 26.7 Å². The maximum absolute atomic E-state index is 5.55. The number of nitrogens with zero attached hydrogens (tertiary/aromatic N) is 1. The second kappa shape index (κ2) is 8.40. The summed E-state index contributed by atoms with van der Waals surface area (Å²) in [6, 6.07) is 9.51. The fourth-order valence-corrected chi connectivity index (χ4v) is 3.51. The number of para-hydroxylation sites is 1. The van der Waals surface area contributed by atoms with Crippen molar-refractivity contribution in [3.63, 3.8) is 0 Å². The molecular formula is C18H30N2O. The SMILES string of the molecule is CCNC(CN(CC)C1CCCC1)c1ccccc1OC. The Bertz CT molecular complexity index is 415. The van der Waals surface area contributed by atoms with E-state index in [-0.39, 0.29) is 0 Å². The van der Waals surface area contributed by atoms with Gasteiger partial charge >= 0.3 is 0 Å². The van der Waals surface area contributed by atoms with E-state index in [2.05, 4.69) is 42.3 Å². The Labute approximate surface area is 129 Å². The zero-order chi connectivity index (χ0) is 15.1. The number of rotatable bonds is 8. The molecule has 1 aromatic rings. The van der Waals surface area contributed by atoms with Crippen molar-refractivity contribution in [3.05, 3.63) is 29.8 Å². The van der Waals surface area contributed by atoms with Crippen LogP contribution in [0, 0.1) is 0 Å². The van der Waals surface area contributed by atoms with Gasteiger partial charge in [0.15, 0.2) is 0 Å². The topological polar surface area (TPSA) is 24.5 Å². The standard InChI is InChI=1S/C18H30N2O/c1-4-19-17(16-12-8-9-13-18(16)21-3)14-20(5-2)15-10-6-7-11-15/h8-9,12-13,15,17,19H,4-7,10-11,14H2,1-3H3. The van der Waals surface area contributed by atoms with Crippen molar-refractivity contribution in [1.29, 1.82) is 0 Å². The largest absolute Gasteiger partial charge is 0.496 e. The fourth-order valence-electron chi connectivity index (χ4n) is 3.51. The molecule has 0 aliphatic heterocycles. The minimum Gasteiger partial charge on any atom is -0.496 e. The van der Waals surface area contributed by atoms with Crippen LogP contribution in [0.15, 0.2) is 24.3 Å². The zero-order valence-electron chi connectivity index (χ0n) is 13.8. The highest BCUT2D eigenvalue weighted by atomic mass is 16.5. The molecule has 0 saturated heterocycles. The van der Waals surface area contributed by atoms with Crippen LogP contribution in [0.25, 0.3) is 0 Å². The van der Waals surface area contributed by atoms with Gasteiger partial charge in [-0.3, -0.25) is 4.90 Å². The van der Waals surface area contributed by atoms with E-state index in [0.717, 1.165) is 31.4 Å². The summed E-state index contributed by atoms with van der Waals surface area (Å²) >= 11 is 0. The molecule has 1 unspecified atom stereocenters. The fraction of sp³-hybridized carbons (Fsp3) is 0.667. The Balaban J connectivity index is 2.13. The van der Waals surface area contributed by atoms with Gasteiger partial charge < -0.3 is 10.1 Å². The first-order valence-corrected chi connectivity index (χ1v) is 8.40. The van der Waals surface area contributed by atoms with Crippen LogP contribution in [0.3, 0.4) is 0 Å². The average molecular weight is 290 g/mol. The Morgan fingerprint density at radius 2 is 1.95 bits per heavy atom. The zero-order valence-corrected chi connectivity index (χ0v) is 13.8. The first-order chi connectivity index (χ1) is 10.3. The minimum absolute atomic E-state index is 0.340. The summed E-state index contributed by atoms with van der Waals surface area (Å²) < 4.78 is 5.55. The van der Waals surface area contributed by atoms with Gasteiger partial charge in [-0.2, -0.15) is 0 Å². The number of nitrogens with one attached hydrogen (secondary N) is 1. The molecule has 21 heavy (non-hydrogen) atoms. The van der Waals surface area contributed by atoms with Gasteiger partial charge in [-0.25, -0.2) is 0 Å². The highest BCUT2D eigenvalue weighted by Gasteiger charge is 2.25. The first-order valence-electron chi connectivity index (χ1n) is 8.40. The van der Waals surface area contributed by atoms with E-state index in [1.807, 2.05) is 6.07 Å². The number of benzene rings is 1. The molecule has 0 spiro atoms. The van der Waals surface area contributed by atoms with Crippen LogP contribution in [0.1, 0.15) is 51.1 Å². The number of ether oxygens (including phenoxy) is 1. The summed E-state index contributed by atoms with van der Waals surface area (Å²) in [5.74, 6) is 0.992.